The summed E-state index contributed by atoms with van der Waals surface area (Å²) in [5.74, 6) is 0.880. The molecule has 0 spiro atoms. The van der Waals surface area contributed by atoms with Crippen LogP contribution in [0, 0.1) is 6.92 Å². The number of carbonyl (C=O) groups is 1. The van der Waals surface area contributed by atoms with E-state index < -0.39 is 0 Å². The van der Waals surface area contributed by atoms with Crippen molar-refractivity contribution in [3.05, 3.63) is 59.7 Å². The number of rotatable bonds is 5. The van der Waals surface area contributed by atoms with Crippen molar-refractivity contribution in [1.82, 2.24) is 15.1 Å². The molecular weight excluding hydrogens is 388 g/mol. The maximum Gasteiger partial charge on any atom is 0.317 e. The van der Waals surface area contributed by atoms with Crippen molar-refractivity contribution in [2.24, 2.45) is 0 Å². The van der Waals surface area contributed by atoms with Crippen molar-refractivity contribution in [2.75, 3.05) is 51.3 Å². The minimum absolute atomic E-state index is 0.0955. The van der Waals surface area contributed by atoms with Crippen molar-refractivity contribution in [3.63, 3.8) is 0 Å². The monoisotopic (exact) mass is 422 g/mol. The van der Waals surface area contributed by atoms with Crippen LogP contribution in [0.4, 0.5) is 10.5 Å². The second-order valence-electron chi connectivity index (χ2n) is 8.66. The average molecular weight is 423 g/mol. The molecule has 2 aliphatic rings. The van der Waals surface area contributed by atoms with Crippen LogP contribution < -0.4 is 15.0 Å². The molecule has 2 aromatic rings. The third kappa shape index (κ3) is 5.70. The highest BCUT2D eigenvalue weighted by molar-refractivity contribution is 5.74. The number of amides is 2. The summed E-state index contributed by atoms with van der Waals surface area (Å²) in [6.07, 6.45) is 1.95. The molecule has 6 nitrogen and oxygen atoms in total. The van der Waals surface area contributed by atoms with Gasteiger partial charge < -0.3 is 19.9 Å². The molecule has 0 atom stereocenters. The molecule has 0 unspecified atom stereocenters. The Morgan fingerprint density at radius 1 is 1.00 bits per heavy atom. The lowest BCUT2D eigenvalue weighted by atomic mass is 10.0. The molecule has 2 saturated heterocycles. The molecule has 0 aliphatic carbocycles. The Balaban J connectivity index is 1.19. The first-order valence-corrected chi connectivity index (χ1v) is 11.3. The fourth-order valence-electron chi connectivity index (χ4n) is 4.52. The number of hydrogen-bond donors (Lipinski definition) is 1. The Morgan fingerprint density at radius 3 is 2.35 bits per heavy atom. The number of methoxy groups -OCH3 is 1. The van der Waals surface area contributed by atoms with Crippen LogP contribution in [0.5, 0.6) is 5.75 Å². The summed E-state index contributed by atoms with van der Waals surface area (Å²) in [6, 6.07) is 17.2. The number of aryl methyl sites for hydroxylation is 1. The minimum atomic E-state index is 0.0955. The van der Waals surface area contributed by atoms with Crippen LogP contribution in [0.1, 0.15) is 24.0 Å². The van der Waals surface area contributed by atoms with Gasteiger partial charge in [-0.3, -0.25) is 4.90 Å². The van der Waals surface area contributed by atoms with E-state index in [2.05, 4.69) is 58.4 Å². The molecule has 166 valence electrons. The first-order valence-electron chi connectivity index (χ1n) is 11.3. The predicted molar refractivity (Wildman–Crippen MR) is 125 cm³/mol. The molecule has 2 amide bonds. The van der Waals surface area contributed by atoms with Gasteiger partial charge in [0.25, 0.3) is 0 Å². The Kier molecular flexibility index (Phi) is 6.97. The molecule has 2 fully saturated rings. The fourth-order valence-corrected chi connectivity index (χ4v) is 4.52. The molecule has 0 radical (unpaired) electrons. The van der Waals surface area contributed by atoms with Gasteiger partial charge in [-0.1, -0.05) is 29.8 Å². The maximum atomic E-state index is 12.8. The van der Waals surface area contributed by atoms with E-state index in [1.54, 1.807) is 7.11 Å². The third-order valence-electron chi connectivity index (χ3n) is 6.41. The zero-order valence-corrected chi connectivity index (χ0v) is 18.7. The molecule has 31 heavy (non-hydrogen) atoms. The predicted octanol–water partition coefficient (Wildman–Crippen LogP) is 3.50. The number of benzene rings is 2. The number of nitrogens with zero attached hydrogens (tertiary/aromatic N) is 3. The first kappa shape index (κ1) is 21.5. The quantitative estimate of drug-likeness (QED) is 0.801. The van der Waals surface area contributed by atoms with Crippen LogP contribution >= 0.6 is 0 Å². The number of anilines is 1. The smallest absolute Gasteiger partial charge is 0.317 e. The molecule has 4 rings (SSSR count). The zero-order valence-electron chi connectivity index (χ0n) is 18.7. The lowest BCUT2D eigenvalue weighted by Gasteiger charge is -2.37. The van der Waals surface area contributed by atoms with Crippen molar-refractivity contribution >= 4 is 11.7 Å². The van der Waals surface area contributed by atoms with Crippen LogP contribution in [0.2, 0.25) is 0 Å². The van der Waals surface area contributed by atoms with Gasteiger partial charge in [-0.2, -0.15) is 0 Å². The molecule has 0 bridgehead atoms. The Labute approximate surface area is 185 Å². The largest absolute Gasteiger partial charge is 0.497 e. The van der Waals surface area contributed by atoms with Crippen molar-refractivity contribution in [2.45, 2.75) is 32.4 Å². The minimum Gasteiger partial charge on any atom is -0.497 e. The van der Waals surface area contributed by atoms with E-state index >= 15 is 0 Å². The van der Waals surface area contributed by atoms with E-state index in [1.807, 2.05) is 17.0 Å². The summed E-state index contributed by atoms with van der Waals surface area (Å²) in [4.78, 5) is 19.6. The summed E-state index contributed by atoms with van der Waals surface area (Å²) < 4.78 is 5.24. The topological polar surface area (TPSA) is 48.1 Å². The number of hydrogen-bond acceptors (Lipinski definition) is 4. The maximum absolute atomic E-state index is 12.8. The summed E-state index contributed by atoms with van der Waals surface area (Å²) in [6.45, 7) is 8.45. The second-order valence-corrected chi connectivity index (χ2v) is 8.66. The Hall–Kier alpha value is -2.73. The zero-order chi connectivity index (χ0) is 21.6. The van der Waals surface area contributed by atoms with E-state index in [1.165, 1.54) is 16.8 Å². The van der Waals surface area contributed by atoms with E-state index in [9.17, 15) is 4.79 Å². The summed E-state index contributed by atoms with van der Waals surface area (Å²) in [7, 11) is 1.69. The molecule has 2 heterocycles. The lowest BCUT2D eigenvalue weighted by Crippen LogP contribution is -2.54. The van der Waals surface area contributed by atoms with Gasteiger partial charge in [-0.25, -0.2) is 4.79 Å². The standard InChI is InChI=1S/C25H34N4O2/c1-20-4-3-5-21(18-20)19-27-14-16-29(17-15-27)25(30)26-22-10-12-28(13-11-22)23-6-8-24(31-2)9-7-23/h3-9,18,22H,10-17,19H2,1-2H3,(H,26,30). The van der Waals surface area contributed by atoms with E-state index in [0.29, 0.717) is 0 Å². The molecule has 2 aromatic carbocycles. The number of carbonyl (C=O) groups excluding carboxylic acids is 1. The Morgan fingerprint density at radius 2 is 1.71 bits per heavy atom. The molecule has 1 N–H and O–H groups in total. The van der Waals surface area contributed by atoms with Crippen molar-refractivity contribution < 1.29 is 9.53 Å². The van der Waals surface area contributed by atoms with E-state index in [4.69, 9.17) is 4.74 Å². The molecule has 2 aliphatic heterocycles. The van der Waals surface area contributed by atoms with Crippen LogP contribution in [-0.2, 0) is 6.54 Å². The first-order chi connectivity index (χ1) is 15.1. The molecule has 0 aromatic heterocycles. The van der Waals surface area contributed by atoms with Crippen molar-refractivity contribution in [1.29, 1.82) is 0 Å². The van der Waals surface area contributed by atoms with Gasteiger partial charge in [0.15, 0.2) is 0 Å². The number of ether oxygens (including phenoxy) is 1. The number of nitrogens with one attached hydrogen (secondary N) is 1. The third-order valence-corrected chi connectivity index (χ3v) is 6.41. The van der Waals surface area contributed by atoms with Gasteiger partial charge in [0.05, 0.1) is 7.11 Å². The van der Waals surface area contributed by atoms with E-state index in [0.717, 1.165) is 64.4 Å². The van der Waals surface area contributed by atoms with E-state index in [-0.39, 0.29) is 12.1 Å². The average Bonchev–Trinajstić information content (AvgIpc) is 2.80. The highest BCUT2D eigenvalue weighted by atomic mass is 16.5. The van der Waals surface area contributed by atoms with Gasteiger partial charge in [-0.15, -0.1) is 0 Å². The lowest BCUT2D eigenvalue weighted by molar-refractivity contribution is 0.132. The summed E-state index contributed by atoms with van der Waals surface area (Å²) >= 11 is 0. The fraction of sp³-hybridized carbons (Fsp3) is 0.480. The van der Waals surface area contributed by atoms with Crippen LogP contribution in [-0.4, -0.2) is 68.3 Å². The number of piperidine rings is 1. The van der Waals surface area contributed by atoms with Gasteiger partial charge in [0.1, 0.15) is 5.75 Å². The normalized spacial score (nSPS) is 18.1. The van der Waals surface area contributed by atoms with Crippen LogP contribution in [0.3, 0.4) is 0 Å². The van der Waals surface area contributed by atoms with Gasteiger partial charge in [0, 0.05) is 57.5 Å². The molecule has 6 heteroatoms. The van der Waals surface area contributed by atoms with Crippen LogP contribution in [0.15, 0.2) is 48.5 Å². The van der Waals surface area contributed by atoms with Crippen LogP contribution in [0.25, 0.3) is 0 Å². The highest BCUT2D eigenvalue weighted by Crippen LogP contribution is 2.23. The number of urea groups is 1. The second kappa shape index (κ2) is 10.1. The Bertz CT molecular complexity index is 854. The summed E-state index contributed by atoms with van der Waals surface area (Å²) in [5.41, 5.74) is 3.87. The highest BCUT2D eigenvalue weighted by Gasteiger charge is 2.25. The summed E-state index contributed by atoms with van der Waals surface area (Å²) in [5, 5.41) is 3.27. The molecule has 0 saturated carbocycles. The van der Waals surface area contributed by atoms with Gasteiger partial charge in [0.2, 0.25) is 0 Å². The number of piperazine rings is 1. The van der Waals surface area contributed by atoms with Gasteiger partial charge >= 0.3 is 6.03 Å². The SMILES string of the molecule is COc1ccc(N2CCC(NC(=O)N3CCN(Cc4cccc(C)c4)CC3)CC2)cc1. The van der Waals surface area contributed by atoms with Crippen molar-refractivity contribution in [3.8, 4) is 5.75 Å². The van der Waals surface area contributed by atoms with Gasteiger partial charge in [-0.05, 0) is 49.6 Å². The molecular formula is C25H34N4O2.